The number of anilines is 3. The summed E-state index contributed by atoms with van der Waals surface area (Å²) in [5.74, 6) is -1.18. The van der Waals surface area contributed by atoms with E-state index in [1.807, 2.05) is 37.5 Å². The summed E-state index contributed by atoms with van der Waals surface area (Å²) in [6.45, 7) is 0.309. The Morgan fingerprint density at radius 1 is 1.22 bits per heavy atom. The standard InChI is InChI=1S/C18H19FN10O2S/c1-28-9-14(7-24-28)13-4-2-3-12(5-13)6-21-16-15(19)8-22-17(25-16)26-18-27-23-10-29(18)11-32(20,30)31/h2-5,7-10H,6,11H2,1H3,(H2,20,30,31)(H2,21,22,25,26,27). The number of halogens is 1. The molecular formula is C18H19FN10O2S. The van der Waals surface area contributed by atoms with Crippen LogP contribution in [0.5, 0.6) is 0 Å². The summed E-state index contributed by atoms with van der Waals surface area (Å²) in [6, 6.07) is 7.74. The molecule has 3 aromatic heterocycles. The molecule has 0 fully saturated rings. The van der Waals surface area contributed by atoms with E-state index in [4.69, 9.17) is 5.14 Å². The lowest BCUT2D eigenvalue weighted by molar-refractivity contribution is 0.586. The van der Waals surface area contributed by atoms with Gasteiger partial charge >= 0.3 is 0 Å². The highest BCUT2D eigenvalue weighted by Gasteiger charge is 2.13. The molecule has 4 rings (SSSR count). The SMILES string of the molecule is Cn1cc(-c2cccc(CNc3nc(Nc4nncn4CS(N)(=O)=O)ncc3F)c2)cn1. The first-order chi connectivity index (χ1) is 15.3. The van der Waals surface area contributed by atoms with Crippen LogP contribution >= 0.6 is 0 Å². The van der Waals surface area contributed by atoms with Crippen molar-refractivity contribution in [2.24, 2.45) is 12.2 Å². The van der Waals surface area contributed by atoms with Crippen molar-refractivity contribution < 1.29 is 12.8 Å². The number of nitrogens with zero attached hydrogens (tertiary/aromatic N) is 7. The maximum absolute atomic E-state index is 14.2. The van der Waals surface area contributed by atoms with E-state index in [-0.39, 0.29) is 17.7 Å². The summed E-state index contributed by atoms with van der Waals surface area (Å²) in [4.78, 5) is 7.95. The van der Waals surface area contributed by atoms with Gasteiger partial charge in [0, 0.05) is 25.4 Å². The van der Waals surface area contributed by atoms with Crippen molar-refractivity contribution in [3.05, 3.63) is 60.6 Å². The van der Waals surface area contributed by atoms with Crippen LogP contribution in [0.1, 0.15) is 5.56 Å². The molecule has 0 radical (unpaired) electrons. The normalized spacial score (nSPS) is 11.5. The van der Waals surface area contributed by atoms with Crippen molar-refractivity contribution in [1.82, 2.24) is 34.5 Å². The minimum atomic E-state index is -3.81. The first-order valence-electron chi connectivity index (χ1n) is 9.26. The predicted molar refractivity (Wildman–Crippen MR) is 114 cm³/mol. The number of aromatic nitrogens is 7. The second-order valence-corrected chi connectivity index (χ2v) is 8.47. The van der Waals surface area contributed by atoms with Crippen molar-refractivity contribution in [3.63, 3.8) is 0 Å². The first kappa shape index (κ1) is 21.3. The zero-order valence-corrected chi connectivity index (χ0v) is 17.7. The maximum atomic E-state index is 14.2. The molecule has 0 aliphatic rings. The fraction of sp³-hybridized carbons (Fsp3) is 0.167. The average Bonchev–Trinajstić information content (AvgIpc) is 3.36. The van der Waals surface area contributed by atoms with Crippen LogP contribution in [-0.4, -0.2) is 42.9 Å². The van der Waals surface area contributed by atoms with E-state index in [9.17, 15) is 12.8 Å². The van der Waals surface area contributed by atoms with Gasteiger partial charge in [-0.1, -0.05) is 18.2 Å². The number of nitrogens with one attached hydrogen (secondary N) is 2. The van der Waals surface area contributed by atoms with E-state index in [1.165, 1.54) is 10.9 Å². The predicted octanol–water partition coefficient (Wildman–Crippen LogP) is 1.21. The van der Waals surface area contributed by atoms with Gasteiger partial charge in [-0.05, 0) is 17.2 Å². The van der Waals surface area contributed by atoms with Gasteiger partial charge in [0.15, 0.2) is 11.6 Å². The first-order valence-corrected chi connectivity index (χ1v) is 11.0. The van der Waals surface area contributed by atoms with Gasteiger partial charge in [0.1, 0.15) is 12.2 Å². The molecule has 0 unspecified atom stereocenters. The van der Waals surface area contributed by atoms with Crippen LogP contribution in [-0.2, 0) is 29.5 Å². The summed E-state index contributed by atoms with van der Waals surface area (Å²) >= 11 is 0. The lowest BCUT2D eigenvalue weighted by atomic mass is 10.1. The number of hydrogen-bond acceptors (Lipinski definition) is 9. The Kier molecular flexibility index (Phi) is 5.79. The Hall–Kier alpha value is -3.91. The molecule has 0 aliphatic heterocycles. The molecule has 3 heterocycles. The molecule has 0 bridgehead atoms. The number of benzene rings is 1. The summed E-state index contributed by atoms with van der Waals surface area (Å²) < 4.78 is 39.8. The zero-order chi connectivity index (χ0) is 22.7. The minimum absolute atomic E-state index is 0.00156. The minimum Gasteiger partial charge on any atom is -0.363 e. The summed E-state index contributed by atoms with van der Waals surface area (Å²) in [5.41, 5.74) is 2.86. The van der Waals surface area contributed by atoms with E-state index in [0.717, 1.165) is 22.9 Å². The Morgan fingerprint density at radius 2 is 2.06 bits per heavy atom. The van der Waals surface area contributed by atoms with Crippen molar-refractivity contribution in [2.45, 2.75) is 12.4 Å². The number of primary sulfonamides is 1. The average molecular weight is 458 g/mol. The van der Waals surface area contributed by atoms with E-state index < -0.39 is 21.7 Å². The third kappa shape index (κ3) is 5.22. The topological polar surface area (TPSA) is 159 Å². The highest BCUT2D eigenvalue weighted by molar-refractivity contribution is 7.88. The third-order valence-corrected chi connectivity index (χ3v) is 4.97. The summed E-state index contributed by atoms with van der Waals surface area (Å²) in [5, 5.41) is 22.3. The van der Waals surface area contributed by atoms with Gasteiger partial charge in [0.25, 0.3) is 0 Å². The van der Waals surface area contributed by atoms with Gasteiger partial charge in [-0.2, -0.15) is 10.1 Å². The van der Waals surface area contributed by atoms with Crippen molar-refractivity contribution in [3.8, 4) is 11.1 Å². The number of aryl methyl sites for hydroxylation is 1. The van der Waals surface area contributed by atoms with Gasteiger partial charge in [-0.25, -0.2) is 22.9 Å². The van der Waals surface area contributed by atoms with Crippen LogP contribution in [0, 0.1) is 5.82 Å². The summed E-state index contributed by atoms with van der Waals surface area (Å²) in [7, 11) is -1.97. The lowest BCUT2D eigenvalue weighted by Crippen LogP contribution is -2.20. The van der Waals surface area contributed by atoms with Crippen LogP contribution in [0.15, 0.2) is 49.2 Å². The molecule has 0 atom stereocenters. The quantitative estimate of drug-likeness (QED) is 0.353. The van der Waals surface area contributed by atoms with E-state index in [1.54, 1.807) is 10.9 Å². The largest absolute Gasteiger partial charge is 0.363 e. The molecule has 0 aliphatic carbocycles. The summed E-state index contributed by atoms with van der Waals surface area (Å²) in [6.07, 6.45) is 5.85. The fourth-order valence-corrected chi connectivity index (χ4v) is 3.49. The smallest absolute Gasteiger partial charge is 0.232 e. The van der Waals surface area contributed by atoms with E-state index >= 15 is 0 Å². The molecule has 0 spiro atoms. The number of sulfonamides is 1. The number of rotatable bonds is 8. The highest BCUT2D eigenvalue weighted by Crippen LogP contribution is 2.21. The van der Waals surface area contributed by atoms with Crippen LogP contribution in [0.25, 0.3) is 11.1 Å². The molecule has 4 N–H and O–H groups in total. The number of nitrogens with two attached hydrogens (primary N) is 1. The van der Waals surface area contributed by atoms with E-state index in [0.29, 0.717) is 6.54 Å². The molecule has 166 valence electrons. The van der Waals surface area contributed by atoms with Crippen LogP contribution in [0.2, 0.25) is 0 Å². The molecule has 12 nitrogen and oxygen atoms in total. The Balaban J connectivity index is 1.48. The highest BCUT2D eigenvalue weighted by atomic mass is 32.2. The van der Waals surface area contributed by atoms with E-state index in [2.05, 4.69) is 35.9 Å². The molecule has 32 heavy (non-hydrogen) atoms. The third-order valence-electron chi connectivity index (χ3n) is 4.33. The Morgan fingerprint density at radius 3 is 2.81 bits per heavy atom. The molecule has 1 aromatic carbocycles. The van der Waals surface area contributed by atoms with Crippen molar-refractivity contribution >= 4 is 27.7 Å². The lowest BCUT2D eigenvalue weighted by Gasteiger charge is -2.10. The second-order valence-electron chi connectivity index (χ2n) is 6.89. The monoisotopic (exact) mass is 458 g/mol. The molecule has 14 heteroatoms. The zero-order valence-electron chi connectivity index (χ0n) is 16.8. The molecular weight excluding hydrogens is 439 g/mol. The van der Waals surface area contributed by atoms with Crippen LogP contribution in [0.3, 0.4) is 0 Å². The van der Waals surface area contributed by atoms with Gasteiger partial charge in [-0.15, -0.1) is 10.2 Å². The Bertz CT molecular complexity index is 1350. The van der Waals surface area contributed by atoms with Crippen molar-refractivity contribution in [2.75, 3.05) is 10.6 Å². The molecule has 0 amide bonds. The maximum Gasteiger partial charge on any atom is 0.232 e. The van der Waals surface area contributed by atoms with Crippen molar-refractivity contribution in [1.29, 1.82) is 0 Å². The van der Waals surface area contributed by atoms with Gasteiger partial charge < -0.3 is 5.32 Å². The fourth-order valence-electron chi connectivity index (χ4n) is 2.91. The number of hydrogen-bond donors (Lipinski definition) is 3. The van der Waals surface area contributed by atoms with Gasteiger partial charge in [0.05, 0.1) is 12.4 Å². The molecule has 0 saturated carbocycles. The van der Waals surface area contributed by atoms with Gasteiger partial charge in [-0.3, -0.25) is 14.6 Å². The van der Waals surface area contributed by atoms with Crippen LogP contribution < -0.4 is 15.8 Å². The van der Waals surface area contributed by atoms with Gasteiger partial charge in [0.2, 0.25) is 21.9 Å². The Labute approximate surface area is 182 Å². The molecule has 0 saturated heterocycles. The second kappa shape index (κ2) is 8.68. The van der Waals surface area contributed by atoms with Crippen LogP contribution in [0.4, 0.5) is 22.1 Å². The molecule has 4 aromatic rings.